The van der Waals surface area contributed by atoms with Crippen LogP contribution in [0, 0.1) is 5.92 Å². The van der Waals surface area contributed by atoms with Crippen molar-refractivity contribution in [2.45, 2.75) is 46.6 Å². The number of aliphatic carboxylic acids is 1. The van der Waals surface area contributed by atoms with E-state index in [1.165, 1.54) is 25.9 Å². The number of ether oxygens (including phenoxy) is 1. The second-order valence-electron chi connectivity index (χ2n) is 4.35. The molecule has 0 aromatic heterocycles. The fraction of sp³-hybridized carbons (Fsp3) is 0.923. The summed E-state index contributed by atoms with van der Waals surface area (Å²) >= 11 is 0. The Kier molecular flexibility index (Phi) is 15.8. The molecule has 0 bridgehead atoms. The Morgan fingerprint density at radius 1 is 1.28 bits per heavy atom. The molecule has 1 atom stereocenters. The standard InChI is InChI=1S/C5H11NO2.C4H9N.C4H10O/c1-3(2)4(6)5(7)8;1-2-4-5-3-1;1-3-5-4-2/h3-4H,6H2,1-2H3,(H,7,8);5H,1-4H2;3-4H2,1-2H3/t4-;;/m0../s1. The van der Waals surface area contributed by atoms with Crippen LogP contribution in [0.15, 0.2) is 0 Å². The number of hydrogen-bond donors (Lipinski definition) is 3. The van der Waals surface area contributed by atoms with Gasteiger partial charge in [0.25, 0.3) is 0 Å². The van der Waals surface area contributed by atoms with Crippen LogP contribution in [0.25, 0.3) is 0 Å². The van der Waals surface area contributed by atoms with Crippen LogP contribution in [0.2, 0.25) is 0 Å². The molecule has 5 heteroatoms. The Hall–Kier alpha value is -0.650. The third-order valence-electron chi connectivity index (χ3n) is 2.37. The van der Waals surface area contributed by atoms with E-state index in [1.807, 2.05) is 13.8 Å². The van der Waals surface area contributed by atoms with Crippen molar-refractivity contribution in [3.8, 4) is 0 Å². The second kappa shape index (κ2) is 14.4. The lowest BCUT2D eigenvalue weighted by atomic mass is 10.1. The highest BCUT2D eigenvalue weighted by Crippen LogP contribution is 1.96. The molecule has 0 aliphatic carbocycles. The summed E-state index contributed by atoms with van der Waals surface area (Å²) in [6, 6.07) is -0.713. The third-order valence-corrected chi connectivity index (χ3v) is 2.37. The Morgan fingerprint density at radius 3 is 1.78 bits per heavy atom. The Bertz CT molecular complexity index is 173. The van der Waals surface area contributed by atoms with Crippen molar-refractivity contribution >= 4 is 5.97 Å². The minimum atomic E-state index is -0.931. The summed E-state index contributed by atoms with van der Waals surface area (Å²) in [6.07, 6.45) is 2.78. The van der Waals surface area contributed by atoms with Gasteiger partial charge in [0.1, 0.15) is 6.04 Å². The molecule has 0 amide bonds. The van der Waals surface area contributed by atoms with Gasteiger partial charge in [-0.1, -0.05) is 13.8 Å². The van der Waals surface area contributed by atoms with Crippen LogP contribution in [-0.2, 0) is 9.53 Å². The summed E-state index contributed by atoms with van der Waals surface area (Å²) in [5.41, 5.74) is 5.16. The molecule has 5 nitrogen and oxygen atoms in total. The van der Waals surface area contributed by atoms with Gasteiger partial charge in [-0.05, 0) is 45.7 Å². The lowest BCUT2D eigenvalue weighted by molar-refractivity contribution is -0.139. The van der Waals surface area contributed by atoms with Gasteiger partial charge >= 0.3 is 5.97 Å². The maximum atomic E-state index is 10.0. The zero-order valence-corrected chi connectivity index (χ0v) is 12.2. The van der Waals surface area contributed by atoms with Crippen molar-refractivity contribution < 1.29 is 14.6 Å². The number of rotatable bonds is 4. The van der Waals surface area contributed by atoms with Crippen LogP contribution in [0.1, 0.15) is 40.5 Å². The number of carboxylic acid groups (broad SMARTS) is 1. The highest BCUT2D eigenvalue weighted by molar-refractivity contribution is 5.73. The summed E-state index contributed by atoms with van der Waals surface area (Å²) in [4.78, 5) is 10.0. The van der Waals surface area contributed by atoms with Gasteiger partial charge < -0.3 is 20.9 Å². The summed E-state index contributed by atoms with van der Waals surface area (Å²) < 4.78 is 4.83. The van der Waals surface area contributed by atoms with E-state index in [1.54, 1.807) is 13.8 Å². The van der Waals surface area contributed by atoms with Gasteiger partial charge in [0.05, 0.1) is 0 Å². The van der Waals surface area contributed by atoms with Gasteiger partial charge in [-0.15, -0.1) is 0 Å². The maximum Gasteiger partial charge on any atom is 0.320 e. The minimum Gasteiger partial charge on any atom is -0.480 e. The van der Waals surface area contributed by atoms with Crippen LogP contribution < -0.4 is 11.1 Å². The lowest BCUT2D eigenvalue weighted by Gasteiger charge is -2.07. The number of carboxylic acids is 1. The normalized spacial score (nSPS) is 15.2. The number of nitrogens with two attached hydrogens (primary N) is 1. The Morgan fingerprint density at radius 2 is 1.72 bits per heavy atom. The quantitative estimate of drug-likeness (QED) is 0.714. The zero-order valence-electron chi connectivity index (χ0n) is 12.2. The lowest BCUT2D eigenvalue weighted by Crippen LogP contribution is -2.34. The highest BCUT2D eigenvalue weighted by Gasteiger charge is 2.14. The maximum absolute atomic E-state index is 10.0. The van der Waals surface area contributed by atoms with Crippen LogP contribution in [0.4, 0.5) is 0 Å². The van der Waals surface area contributed by atoms with E-state index in [-0.39, 0.29) is 5.92 Å². The molecular weight excluding hydrogens is 232 g/mol. The summed E-state index contributed by atoms with van der Waals surface area (Å²) in [7, 11) is 0. The molecule has 0 unspecified atom stereocenters. The SMILES string of the molecule is C1CCNC1.CC(C)[C@H](N)C(=O)O.CCOCC. The molecule has 18 heavy (non-hydrogen) atoms. The molecule has 0 aromatic carbocycles. The molecule has 0 saturated carbocycles. The van der Waals surface area contributed by atoms with E-state index in [0.29, 0.717) is 0 Å². The van der Waals surface area contributed by atoms with Gasteiger partial charge in [-0.25, -0.2) is 0 Å². The minimum absolute atomic E-state index is 0.0208. The molecule has 1 saturated heterocycles. The average molecular weight is 262 g/mol. The average Bonchev–Trinajstić information content (AvgIpc) is 2.88. The first-order chi connectivity index (χ1) is 8.47. The van der Waals surface area contributed by atoms with Crippen LogP contribution in [0.3, 0.4) is 0 Å². The van der Waals surface area contributed by atoms with Gasteiger partial charge in [-0.2, -0.15) is 0 Å². The predicted molar refractivity (Wildman–Crippen MR) is 74.7 cm³/mol. The van der Waals surface area contributed by atoms with E-state index < -0.39 is 12.0 Å². The second-order valence-corrected chi connectivity index (χ2v) is 4.35. The molecule has 4 N–H and O–H groups in total. The Labute approximate surface area is 111 Å². The van der Waals surface area contributed by atoms with Crippen molar-refractivity contribution in [1.29, 1.82) is 0 Å². The molecule has 1 rings (SSSR count). The number of hydrogen-bond acceptors (Lipinski definition) is 4. The summed E-state index contributed by atoms with van der Waals surface area (Å²) in [6.45, 7) is 11.7. The fourth-order valence-electron chi connectivity index (χ4n) is 1.11. The van der Waals surface area contributed by atoms with Gasteiger partial charge in [0.15, 0.2) is 0 Å². The first-order valence-electron chi connectivity index (χ1n) is 6.74. The first-order valence-corrected chi connectivity index (χ1v) is 6.74. The zero-order chi connectivity index (χ0) is 14.4. The van der Waals surface area contributed by atoms with Gasteiger partial charge in [0.2, 0.25) is 0 Å². The van der Waals surface area contributed by atoms with Crippen LogP contribution >= 0.6 is 0 Å². The largest absolute Gasteiger partial charge is 0.480 e. The van der Waals surface area contributed by atoms with Crippen molar-refractivity contribution in [3.63, 3.8) is 0 Å². The molecule has 1 aliphatic heterocycles. The van der Waals surface area contributed by atoms with Crippen molar-refractivity contribution in [1.82, 2.24) is 5.32 Å². The summed E-state index contributed by atoms with van der Waals surface area (Å²) in [5, 5.41) is 11.4. The molecule has 0 spiro atoms. The Balaban J connectivity index is 0. The fourth-order valence-corrected chi connectivity index (χ4v) is 1.11. The monoisotopic (exact) mass is 262 g/mol. The molecule has 1 heterocycles. The number of nitrogens with one attached hydrogen (secondary N) is 1. The van der Waals surface area contributed by atoms with Crippen LogP contribution in [0.5, 0.6) is 0 Å². The van der Waals surface area contributed by atoms with Crippen molar-refractivity contribution in [2.75, 3.05) is 26.3 Å². The number of carbonyl (C=O) groups is 1. The van der Waals surface area contributed by atoms with Crippen molar-refractivity contribution in [2.24, 2.45) is 11.7 Å². The predicted octanol–water partition coefficient (Wildman–Crippen LogP) is 1.47. The smallest absolute Gasteiger partial charge is 0.320 e. The summed E-state index contributed by atoms with van der Waals surface area (Å²) in [5.74, 6) is -0.910. The molecular formula is C13H30N2O3. The van der Waals surface area contributed by atoms with E-state index in [4.69, 9.17) is 15.6 Å². The molecule has 110 valence electrons. The van der Waals surface area contributed by atoms with E-state index >= 15 is 0 Å². The molecule has 1 aliphatic rings. The molecule has 0 radical (unpaired) electrons. The first kappa shape index (κ1) is 19.7. The highest BCUT2D eigenvalue weighted by atomic mass is 16.5. The van der Waals surface area contributed by atoms with E-state index in [0.717, 1.165) is 13.2 Å². The van der Waals surface area contributed by atoms with E-state index in [9.17, 15) is 4.79 Å². The van der Waals surface area contributed by atoms with Gasteiger partial charge in [0, 0.05) is 13.2 Å². The van der Waals surface area contributed by atoms with Gasteiger partial charge in [-0.3, -0.25) is 4.79 Å². The van der Waals surface area contributed by atoms with Crippen molar-refractivity contribution in [3.05, 3.63) is 0 Å². The van der Waals surface area contributed by atoms with E-state index in [2.05, 4.69) is 5.32 Å². The van der Waals surface area contributed by atoms with Crippen LogP contribution in [-0.4, -0.2) is 43.4 Å². The topological polar surface area (TPSA) is 84.6 Å². The third kappa shape index (κ3) is 15.4. The molecule has 0 aromatic rings. The molecule has 1 fully saturated rings.